The van der Waals surface area contributed by atoms with Crippen molar-refractivity contribution >= 4 is 28.3 Å². The lowest BCUT2D eigenvalue weighted by Crippen LogP contribution is -2.30. The molecule has 1 aromatic carbocycles. The van der Waals surface area contributed by atoms with Crippen molar-refractivity contribution in [3.63, 3.8) is 0 Å². The Labute approximate surface area is 151 Å². The number of benzene rings is 1. The zero-order valence-electron chi connectivity index (χ0n) is 14.5. The van der Waals surface area contributed by atoms with E-state index < -0.39 is 10.0 Å². The van der Waals surface area contributed by atoms with E-state index in [0.717, 1.165) is 18.5 Å². The molecule has 1 aromatic rings. The van der Waals surface area contributed by atoms with Gasteiger partial charge < -0.3 is 10.6 Å². The van der Waals surface area contributed by atoms with E-state index in [0.29, 0.717) is 26.1 Å². The molecular formula is C16H28ClN3O3S. The molecule has 0 unspecified atom stereocenters. The Morgan fingerprint density at radius 3 is 2.21 bits per heavy atom. The molecule has 2 N–H and O–H groups in total. The Morgan fingerprint density at radius 2 is 1.71 bits per heavy atom. The van der Waals surface area contributed by atoms with Gasteiger partial charge in [-0.15, -0.1) is 12.4 Å². The van der Waals surface area contributed by atoms with Crippen molar-refractivity contribution < 1.29 is 13.2 Å². The van der Waals surface area contributed by atoms with Crippen LogP contribution in [0.5, 0.6) is 0 Å². The van der Waals surface area contributed by atoms with Gasteiger partial charge in [-0.1, -0.05) is 26.0 Å². The summed E-state index contributed by atoms with van der Waals surface area (Å²) in [5.41, 5.74) is 0.880. The van der Waals surface area contributed by atoms with Gasteiger partial charge in [0.15, 0.2) is 0 Å². The molecule has 0 radical (unpaired) electrons. The largest absolute Gasteiger partial charge is 0.352 e. The second kappa shape index (κ2) is 11.4. The molecule has 0 bridgehead atoms. The van der Waals surface area contributed by atoms with Crippen LogP contribution in [-0.2, 0) is 21.4 Å². The Kier molecular flexibility index (Phi) is 10.9. The van der Waals surface area contributed by atoms with Crippen LogP contribution >= 0.6 is 12.4 Å². The topological polar surface area (TPSA) is 78.5 Å². The molecule has 0 saturated heterocycles. The lowest BCUT2D eigenvalue weighted by Gasteiger charge is -2.18. The smallest absolute Gasteiger partial charge is 0.243 e. The van der Waals surface area contributed by atoms with Crippen molar-refractivity contribution in [3.05, 3.63) is 29.8 Å². The molecule has 0 fully saturated rings. The van der Waals surface area contributed by atoms with E-state index in [4.69, 9.17) is 0 Å². The number of carbonyl (C=O) groups is 1. The van der Waals surface area contributed by atoms with Crippen molar-refractivity contribution in [3.8, 4) is 0 Å². The van der Waals surface area contributed by atoms with Crippen LogP contribution < -0.4 is 10.6 Å². The maximum Gasteiger partial charge on any atom is 0.243 e. The number of nitrogens with one attached hydrogen (secondary N) is 2. The Morgan fingerprint density at radius 1 is 1.12 bits per heavy atom. The van der Waals surface area contributed by atoms with E-state index in [1.165, 1.54) is 4.31 Å². The van der Waals surface area contributed by atoms with Gasteiger partial charge in [0.2, 0.25) is 15.9 Å². The summed E-state index contributed by atoms with van der Waals surface area (Å²) in [5.74, 6) is 0.0000826. The lowest BCUT2D eigenvalue weighted by molar-refractivity contribution is -0.121. The van der Waals surface area contributed by atoms with E-state index in [2.05, 4.69) is 10.6 Å². The third-order valence-corrected chi connectivity index (χ3v) is 5.65. The zero-order chi connectivity index (χ0) is 17.3. The predicted octanol–water partition coefficient (Wildman–Crippen LogP) is 1.75. The number of hydrogen-bond acceptors (Lipinski definition) is 4. The molecule has 0 heterocycles. The number of halogens is 1. The normalized spacial score (nSPS) is 11.2. The molecule has 0 aromatic heterocycles. The Hall–Kier alpha value is -1.15. The van der Waals surface area contributed by atoms with Crippen LogP contribution in [-0.4, -0.2) is 45.3 Å². The van der Waals surface area contributed by atoms with Crippen molar-refractivity contribution in [2.45, 2.75) is 38.1 Å². The summed E-state index contributed by atoms with van der Waals surface area (Å²) in [6, 6.07) is 6.67. The molecule has 0 aliphatic rings. The van der Waals surface area contributed by atoms with Crippen molar-refractivity contribution in [2.24, 2.45) is 0 Å². The fourth-order valence-corrected chi connectivity index (χ4v) is 3.66. The number of sulfonamides is 1. The monoisotopic (exact) mass is 377 g/mol. The van der Waals surface area contributed by atoms with Crippen LogP contribution in [0.25, 0.3) is 0 Å². The minimum Gasteiger partial charge on any atom is -0.352 e. The lowest BCUT2D eigenvalue weighted by atomic mass is 10.2. The van der Waals surface area contributed by atoms with Gasteiger partial charge in [-0.3, -0.25) is 4.79 Å². The number of rotatable bonds is 10. The first-order valence-electron chi connectivity index (χ1n) is 7.96. The molecule has 138 valence electrons. The quantitative estimate of drug-likeness (QED) is 0.609. The minimum absolute atomic E-state index is 0. The molecule has 0 aliphatic carbocycles. The third-order valence-electron chi connectivity index (χ3n) is 3.59. The maximum atomic E-state index is 12.4. The number of nitrogens with zero attached hydrogens (tertiary/aromatic N) is 1. The molecule has 6 nitrogen and oxygen atoms in total. The highest BCUT2D eigenvalue weighted by Crippen LogP contribution is 2.16. The molecule has 0 saturated carbocycles. The van der Waals surface area contributed by atoms with Crippen LogP contribution in [0.15, 0.2) is 29.2 Å². The van der Waals surface area contributed by atoms with Gasteiger partial charge in [0.05, 0.1) is 4.90 Å². The van der Waals surface area contributed by atoms with Gasteiger partial charge in [0.25, 0.3) is 0 Å². The molecule has 0 aliphatic heterocycles. The summed E-state index contributed by atoms with van der Waals surface area (Å²) >= 11 is 0. The molecule has 1 rings (SSSR count). The molecule has 24 heavy (non-hydrogen) atoms. The fourth-order valence-electron chi connectivity index (χ4n) is 2.21. The van der Waals surface area contributed by atoms with E-state index in [9.17, 15) is 13.2 Å². The van der Waals surface area contributed by atoms with Crippen molar-refractivity contribution in [1.82, 2.24) is 14.9 Å². The van der Waals surface area contributed by atoms with Gasteiger partial charge in [0.1, 0.15) is 0 Å². The summed E-state index contributed by atoms with van der Waals surface area (Å²) in [6.07, 6.45) is 1.28. The number of carbonyl (C=O) groups excluding carboxylic acids is 1. The van der Waals surface area contributed by atoms with E-state index in [1.54, 1.807) is 24.3 Å². The minimum atomic E-state index is -3.43. The average molecular weight is 378 g/mol. The second-order valence-corrected chi connectivity index (χ2v) is 7.16. The van der Waals surface area contributed by atoms with E-state index >= 15 is 0 Å². The number of amides is 1. The first-order valence-corrected chi connectivity index (χ1v) is 9.40. The first kappa shape index (κ1) is 22.9. The van der Waals surface area contributed by atoms with E-state index in [1.807, 2.05) is 20.9 Å². The molecule has 1 amide bonds. The van der Waals surface area contributed by atoms with E-state index in [-0.39, 0.29) is 23.2 Å². The van der Waals surface area contributed by atoms with Crippen molar-refractivity contribution in [1.29, 1.82) is 0 Å². The van der Waals surface area contributed by atoms with Gasteiger partial charge in [-0.2, -0.15) is 4.31 Å². The SMILES string of the molecule is CCN(CC)S(=O)(=O)c1ccc(CNC(=O)CCCNC)cc1.Cl. The first-order chi connectivity index (χ1) is 11.0. The second-order valence-electron chi connectivity index (χ2n) is 5.22. The molecule has 0 atom stereocenters. The highest BCUT2D eigenvalue weighted by atomic mass is 35.5. The molecular weight excluding hydrogens is 350 g/mol. The van der Waals surface area contributed by atoms with Crippen LogP contribution in [0.1, 0.15) is 32.3 Å². The van der Waals surface area contributed by atoms with Crippen molar-refractivity contribution in [2.75, 3.05) is 26.7 Å². The summed E-state index contributed by atoms with van der Waals surface area (Å²) in [5, 5.41) is 5.83. The summed E-state index contributed by atoms with van der Waals surface area (Å²) in [6.45, 7) is 5.75. The van der Waals surface area contributed by atoms with Gasteiger partial charge in [-0.05, 0) is 37.7 Å². The molecule has 0 spiro atoms. The third kappa shape index (κ3) is 6.76. The van der Waals surface area contributed by atoms with Gasteiger partial charge in [0, 0.05) is 26.1 Å². The summed E-state index contributed by atoms with van der Waals surface area (Å²) < 4.78 is 26.2. The highest BCUT2D eigenvalue weighted by molar-refractivity contribution is 7.89. The predicted molar refractivity (Wildman–Crippen MR) is 98.8 cm³/mol. The fraction of sp³-hybridized carbons (Fsp3) is 0.562. The van der Waals surface area contributed by atoms with Crippen LogP contribution in [0.3, 0.4) is 0 Å². The molecule has 8 heteroatoms. The summed E-state index contributed by atoms with van der Waals surface area (Å²) in [4.78, 5) is 11.9. The van der Waals surface area contributed by atoms with Crippen LogP contribution in [0, 0.1) is 0 Å². The number of hydrogen-bond donors (Lipinski definition) is 2. The Bertz CT molecular complexity index is 587. The summed E-state index contributed by atoms with van der Waals surface area (Å²) in [7, 11) is -1.57. The average Bonchev–Trinajstić information content (AvgIpc) is 2.54. The van der Waals surface area contributed by atoms with Crippen LogP contribution in [0.2, 0.25) is 0 Å². The maximum absolute atomic E-state index is 12.4. The highest BCUT2D eigenvalue weighted by Gasteiger charge is 2.21. The van der Waals surface area contributed by atoms with Gasteiger partial charge in [-0.25, -0.2) is 8.42 Å². The van der Waals surface area contributed by atoms with Crippen LogP contribution in [0.4, 0.5) is 0 Å². The zero-order valence-corrected chi connectivity index (χ0v) is 16.2. The Balaban J connectivity index is 0.00000529. The standard InChI is InChI=1S/C16H27N3O3S.ClH/c1-4-19(5-2)23(21,22)15-10-8-14(9-11-15)13-18-16(20)7-6-12-17-3;/h8-11,17H,4-7,12-13H2,1-3H3,(H,18,20);1H. The van der Waals surface area contributed by atoms with Gasteiger partial charge >= 0.3 is 0 Å².